The van der Waals surface area contributed by atoms with E-state index in [-0.39, 0.29) is 17.1 Å². The Morgan fingerprint density at radius 2 is 1.74 bits per heavy atom. The minimum Gasteiger partial charge on any atom is -0.478 e. The summed E-state index contributed by atoms with van der Waals surface area (Å²) in [4.78, 5) is 34.6. The molecule has 8 nitrogen and oxygen atoms in total. The molecule has 0 fully saturated rings. The molecule has 0 saturated heterocycles. The van der Waals surface area contributed by atoms with Gasteiger partial charge < -0.3 is 20.6 Å². The van der Waals surface area contributed by atoms with Crippen molar-refractivity contribution in [1.82, 2.24) is 14.9 Å². The molecule has 202 valence electrons. The van der Waals surface area contributed by atoms with Crippen LogP contribution in [0.5, 0.6) is 0 Å². The van der Waals surface area contributed by atoms with Crippen LogP contribution < -0.4 is 10.6 Å². The molecule has 0 saturated carbocycles. The second-order valence-electron chi connectivity index (χ2n) is 8.96. The first kappa shape index (κ1) is 27.5. The Hall–Kier alpha value is -4.58. The molecule has 3 aromatic carbocycles. The molecule has 0 aliphatic rings. The molecule has 1 aromatic heterocycles. The van der Waals surface area contributed by atoms with Gasteiger partial charge in [0.1, 0.15) is 18.0 Å². The van der Waals surface area contributed by atoms with Gasteiger partial charge in [0.25, 0.3) is 5.91 Å². The van der Waals surface area contributed by atoms with Gasteiger partial charge in [-0.25, -0.2) is 19.2 Å². The number of nitrogens with zero attached hydrogens (tertiary/aromatic N) is 3. The third-order valence-electron chi connectivity index (χ3n) is 5.84. The first-order valence-corrected chi connectivity index (χ1v) is 11.6. The molecule has 1 atom stereocenters. The Morgan fingerprint density at radius 1 is 1.00 bits per heavy atom. The molecular formula is C27H23F4N5O3. The lowest BCUT2D eigenvalue weighted by molar-refractivity contribution is -0.137. The summed E-state index contributed by atoms with van der Waals surface area (Å²) in [6, 6.07) is 12.7. The number of para-hydroxylation sites is 1. The van der Waals surface area contributed by atoms with Gasteiger partial charge in [-0.3, -0.25) is 4.79 Å². The number of amides is 1. The number of carbonyl (C=O) groups is 2. The van der Waals surface area contributed by atoms with Gasteiger partial charge in [0.05, 0.1) is 28.2 Å². The van der Waals surface area contributed by atoms with Crippen molar-refractivity contribution >= 4 is 34.3 Å². The Morgan fingerprint density at radius 3 is 2.41 bits per heavy atom. The van der Waals surface area contributed by atoms with Crippen molar-refractivity contribution in [1.29, 1.82) is 0 Å². The van der Waals surface area contributed by atoms with Crippen molar-refractivity contribution in [2.24, 2.45) is 0 Å². The fraction of sp³-hybridized carbons (Fsp3) is 0.185. The van der Waals surface area contributed by atoms with Crippen molar-refractivity contribution in [3.63, 3.8) is 0 Å². The van der Waals surface area contributed by atoms with Crippen LogP contribution >= 0.6 is 0 Å². The molecule has 1 heterocycles. The number of nitrogens with one attached hydrogen (secondary N) is 2. The number of alkyl halides is 3. The molecule has 4 rings (SSSR count). The number of hydrogen-bond acceptors (Lipinski definition) is 6. The molecule has 0 spiro atoms. The van der Waals surface area contributed by atoms with Gasteiger partial charge in [0, 0.05) is 17.6 Å². The summed E-state index contributed by atoms with van der Waals surface area (Å²) < 4.78 is 52.8. The third kappa shape index (κ3) is 6.29. The maximum Gasteiger partial charge on any atom is 0.416 e. The molecule has 39 heavy (non-hydrogen) atoms. The number of aromatic carboxylic acids is 1. The number of halogens is 4. The van der Waals surface area contributed by atoms with E-state index in [0.717, 1.165) is 6.07 Å². The van der Waals surface area contributed by atoms with E-state index in [1.165, 1.54) is 12.4 Å². The summed E-state index contributed by atoms with van der Waals surface area (Å²) >= 11 is 0. The van der Waals surface area contributed by atoms with Crippen molar-refractivity contribution in [3.05, 3.63) is 95.1 Å². The number of fused-ring (bicyclic) bond motifs is 1. The van der Waals surface area contributed by atoms with Crippen LogP contribution in [0, 0.1) is 5.82 Å². The van der Waals surface area contributed by atoms with Crippen LogP contribution in [0.3, 0.4) is 0 Å². The van der Waals surface area contributed by atoms with Crippen molar-refractivity contribution in [2.45, 2.75) is 12.2 Å². The first-order valence-electron chi connectivity index (χ1n) is 11.6. The molecule has 0 bridgehead atoms. The Kier molecular flexibility index (Phi) is 7.77. The molecule has 0 aliphatic heterocycles. The van der Waals surface area contributed by atoms with Crippen LogP contribution in [-0.4, -0.2) is 52.5 Å². The topological polar surface area (TPSA) is 107 Å². The second kappa shape index (κ2) is 11.0. The molecular weight excluding hydrogens is 518 g/mol. The van der Waals surface area contributed by atoms with E-state index in [0.29, 0.717) is 35.1 Å². The highest BCUT2D eigenvalue weighted by Gasteiger charge is 2.31. The number of hydrogen-bond donors (Lipinski definition) is 3. The predicted molar refractivity (Wildman–Crippen MR) is 137 cm³/mol. The van der Waals surface area contributed by atoms with E-state index in [1.54, 1.807) is 36.4 Å². The summed E-state index contributed by atoms with van der Waals surface area (Å²) in [5, 5.41) is 15.9. The van der Waals surface area contributed by atoms with Crippen molar-refractivity contribution < 1.29 is 32.3 Å². The smallest absolute Gasteiger partial charge is 0.416 e. The monoisotopic (exact) mass is 541 g/mol. The van der Waals surface area contributed by atoms with Crippen LogP contribution in [0.25, 0.3) is 10.9 Å². The summed E-state index contributed by atoms with van der Waals surface area (Å²) in [7, 11) is 3.71. The highest BCUT2D eigenvalue weighted by molar-refractivity contribution is 6.05. The average molecular weight is 542 g/mol. The quantitative estimate of drug-likeness (QED) is 0.255. The maximum atomic E-state index is 14.3. The molecule has 4 aromatic rings. The van der Waals surface area contributed by atoms with Gasteiger partial charge >= 0.3 is 12.1 Å². The fourth-order valence-electron chi connectivity index (χ4n) is 4.05. The van der Waals surface area contributed by atoms with Crippen LogP contribution in [0.1, 0.15) is 37.9 Å². The van der Waals surface area contributed by atoms with E-state index in [1.807, 2.05) is 19.0 Å². The lowest BCUT2D eigenvalue weighted by Crippen LogP contribution is -2.26. The number of rotatable bonds is 8. The number of likely N-dealkylation sites (N-methyl/N-ethyl adjacent to an activating group) is 1. The minimum absolute atomic E-state index is 0.0299. The summed E-state index contributed by atoms with van der Waals surface area (Å²) in [6.07, 6.45) is -3.47. The zero-order valence-corrected chi connectivity index (χ0v) is 20.8. The van der Waals surface area contributed by atoms with Crippen molar-refractivity contribution in [2.75, 3.05) is 31.3 Å². The summed E-state index contributed by atoms with van der Waals surface area (Å²) in [5.74, 6) is -2.92. The SMILES string of the molecule is CN(C)CC(Nc1ncnc2c(C(=O)O)cccc12)c1cccc(NC(=O)c2ccc(C(F)(F)F)cc2F)c1. The van der Waals surface area contributed by atoms with Crippen LogP contribution in [0.2, 0.25) is 0 Å². The largest absolute Gasteiger partial charge is 0.478 e. The average Bonchev–Trinajstić information content (AvgIpc) is 2.87. The highest BCUT2D eigenvalue weighted by Crippen LogP contribution is 2.31. The maximum absolute atomic E-state index is 14.3. The normalized spacial score (nSPS) is 12.4. The molecule has 1 amide bonds. The zero-order chi connectivity index (χ0) is 28.3. The van der Waals surface area contributed by atoms with E-state index in [9.17, 15) is 32.3 Å². The van der Waals surface area contributed by atoms with Gasteiger partial charge in [-0.2, -0.15) is 13.2 Å². The molecule has 0 radical (unpaired) electrons. The first-order chi connectivity index (χ1) is 18.4. The molecule has 12 heteroatoms. The predicted octanol–water partition coefficient (Wildman–Crippen LogP) is 5.45. The number of anilines is 2. The fourth-order valence-corrected chi connectivity index (χ4v) is 4.05. The van der Waals surface area contributed by atoms with E-state index in [2.05, 4.69) is 20.6 Å². The van der Waals surface area contributed by atoms with Gasteiger partial charge in [-0.15, -0.1) is 0 Å². The van der Waals surface area contributed by atoms with Gasteiger partial charge in [0.15, 0.2) is 0 Å². The lowest BCUT2D eigenvalue weighted by atomic mass is 10.0. The van der Waals surface area contributed by atoms with Crippen LogP contribution in [0.4, 0.5) is 29.1 Å². The Bertz CT molecular complexity index is 1540. The molecule has 1 unspecified atom stereocenters. The lowest BCUT2D eigenvalue weighted by Gasteiger charge is -2.24. The third-order valence-corrected chi connectivity index (χ3v) is 5.84. The van der Waals surface area contributed by atoms with Gasteiger partial charge in [0.2, 0.25) is 0 Å². The number of carbonyl (C=O) groups excluding carboxylic acids is 1. The highest BCUT2D eigenvalue weighted by atomic mass is 19.4. The van der Waals surface area contributed by atoms with E-state index < -0.39 is 41.0 Å². The molecule has 3 N–H and O–H groups in total. The standard InChI is InChI=1S/C27H23F4N5O3/c1-36(2)13-22(35-24-19-7-4-8-20(26(38)39)23(19)32-14-33-24)15-5-3-6-17(11-15)34-25(37)18-10-9-16(12-21(18)28)27(29,30)31/h3-12,14,22H,13H2,1-2H3,(H,34,37)(H,38,39)(H,32,33,35). The minimum atomic E-state index is -4.73. The van der Waals surface area contributed by atoms with Crippen LogP contribution in [0.15, 0.2) is 67.0 Å². The van der Waals surface area contributed by atoms with Gasteiger partial charge in [-0.05, 0) is 62.1 Å². The second-order valence-corrected chi connectivity index (χ2v) is 8.96. The Balaban J connectivity index is 1.62. The van der Waals surface area contributed by atoms with E-state index >= 15 is 0 Å². The zero-order valence-electron chi connectivity index (χ0n) is 20.8. The number of aromatic nitrogens is 2. The van der Waals surface area contributed by atoms with Gasteiger partial charge in [-0.1, -0.05) is 18.2 Å². The summed E-state index contributed by atoms with van der Waals surface area (Å²) in [6.45, 7) is 0.467. The molecule has 0 aliphatic carbocycles. The summed E-state index contributed by atoms with van der Waals surface area (Å²) in [5.41, 5.74) is -0.423. The Labute approximate surface area is 220 Å². The number of carboxylic acid groups (broad SMARTS) is 1. The number of carboxylic acids is 1. The van der Waals surface area contributed by atoms with Crippen LogP contribution in [-0.2, 0) is 6.18 Å². The number of benzene rings is 3. The van der Waals surface area contributed by atoms with Crippen molar-refractivity contribution in [3.8, 4) is 0 Å². The van der Waals surface area contributed by atoms with E-state index in [4.69, 9.17) is 0 Å².